The number of carbonyl (C=O) groups is 1. The van der Waals surface area contributed by atoms with E-state index >= 15 is 0 Å². The highest BCUT2D eigenvalue weighted by Crippen LogP contribution is 2.19. The molecule has 0 bridgehead atoms. The molecule has 0 saturated carbocycles. The maximum atomic E-state index is 11.8. The summed E-state index contributed by atoms with van der Waals surface area (Å²) in [6.45, 7) is 1.82. The van der Waals surface area contributed by atoms with Gasteiger partial charge < -0.3 is 9.88 Å². The average molecular weight is 339 g/mol. The van der Waals surface area contributed by atoms with Crippen LogP contribution < -0.4 is 5.32 Å². The molecule has 0 aromatic carbocycles. The maximum Gasteiger partial charge on any atom is 0.230 e. The SMILES string of the molecule is Cc1nnc(SCC(=O)N[C@@H]2CS(=O)(=O)C[C@@H]2Cl)n1C. The van der Waals surface area contributed by atoms with E-state index in [2.05, 4.69) is 15.5 Å². The molecule has 0 aliphatic carbocycles. The quantitative estimate of drug-likeness (QED) is 0.600. The van der Waals surface area contributed by atoms with Gasteiger partial charge in [-0.25, -0.2) is 8.42 Å². The predicted octanol–water partition coefficient (Wildman–Crippen LogP) is -0.264. The Morgan fingerprint density at radius 1 is 1.50 bits per heavy atom. The van der Waals surface area contributed by atoms with Gasteiger partial charge in [-0.05, 0) is 6.92 Å². The van der Waals surface area contributed by atoms with Crippen molar-refractivity contribution in [2.24, 2.45) is 7.05 Å². The fourth-order valence-electron chi connectivity index (χ4n) is 1.83. The van der Waals surface area contributed by atoms with Gasteiger partial charge >= 0.3 is 0 Å². The summed E-state index contributed by atoms with van der Waals surface area (Å²) >= 11 is 7.17. The van der Waals surface area contributed by atoms with Crippen LogP contribution in [0, 0.1) is 6.92 Å². The van der Waals surface area contributed by atoms with Gasteiger partial charge in [0.25, 0.3) is 0 Å². The van der Waals surface area contributed by atoms with Crippen molar-refractivity contribution in [1.82, 2.24) is 20.1 Å². The molecule has 1 amide bonds. The summed E-state index contributed by atoms with van der Waals surface area (Å²) < 4.78 is 24.6. The van der Waals surface area contributed by atoms with E-state index in [0.29, 0.717) is 5.16 Å². The Kier molecular flexibility index (Phi) is 4.60. The summed E-state index contributed by atoms with van der Waals surface area (Å²) in [4.78, 5) is 11.8. The first-order valence-corrected chi connectivity index (χ1v) is 9.15. The lowest BCUT2D eigenvalue weighted by Crippen LogP contribution is -2.41. The summed E-state index contributed by atoms with van der Waals surface area (Å²) in [6.07, 6.45) is 0. The van der Waals surface area contributed by atoms with Crippen molar-refractivity contribution in [2.75, 3.05) is 17.3 Å². The molecule has 112 valence electrons. The summed E-state index contributed by atoms with van der Waals surface area (Å²) in [5, 5.41) is 10.5. The van der Waals surface area contributed by atoms with Crippen molar-refractivity contribution in [3.63, 3.8) is 0 Å². The maximum absolute atomic E-state index is 11.8. The van der Waals surface area contributed by atoms with Crippen LogP contribution in [0.15, 0.2) is 5.16 Å². The second-order valence-electron chi connectivity index (χ2n) is 4.64. The van der Waals surface area contributed by atoms with Gasteiger partial charge in [-0.2, -0.15) is 0 Å². The molecule has 2 rings (SSSR count). The molecule has 1 aromatic heterocycles. The number of halogens is 1. The van der Waals surface area contributed by atoms with Crippen LogP contribution in [0.3, 0.4) is 0 Å². The van der Waals surface area contributed by atoms with Crippen molar-refractivity contribution < 1.29 is 13.2 Å². The Balaban J connectivity index is 1.86. The molecule has 1 N–H and O–H groups in total. The van der Waals surface area contributed by atoms with E-state index in [4.69, 9.17) is 11.6 Å². The molecule has 0 radical (unpaired) electrons. The van der Waals surface area contributed by atoms with Crippen LogP contribution in [0.5, 0.6) is 0 Å². The van der Waals surface area contributed by atoms with Crippen molar-refractivity contribution in [1.29, 1.82) is 0 Å². The van der Waals surface area contributed by atoms with Gasteiger partial charge in [0.1, 0.15) is 5.82 Å². The number of sulfone groups is 1. The molecule has 2 heterocycles. The lowest BCUT2D eigenvalue weighted by Gasteiger charge is -2.13. The fraction of sp³-hybridized carbons (Fsp3) is 0.700. The number of aryl methyl sites for hydroxylation is 1. The molecule has 20 heavy (non-hydrogen) atoms. The van der Waals surface area contributed by atoms with Gasteiger partial charge in [0.2, 0.25) is 5.91 Å². The number of alkyl halides is 1. The van der Waals surface area contributed by atoms with Crippen LogP contribution in [-0.2, 0) is 21.7 Å². The summed E-state index contributed by atoms with van der Waals surface area (Å²) in [7, 11) is -1.33. The molecule has 1 aliphatic rings. The zero-order chi connectivity index (χ0) is 14.9. The molecule has 10 heteroatoms. The standard InChI is InChI=1S/C10H15ClN4O3S2/c1-6-13-14-10(15(6)2)19-3-9(16)12-8-5-20(17,18)4-7(8)11/h7-8H,3-5H2,1-2H3,(H,12,16)/t7-,8+/m0/s1. The van der Waals surface area contributed by atoms with Crippen LogP contribution >= 0.6 is 23.4 Å². The van der Waals surface area contributed by atoms with E-state index in [1.54, 1.807) is 4.57 Å². The topological polar surface area (TPSA) is 94.0 Å². The Morgan fingerprint density at radius 3 is 2.70 bits per heavy atom. The van der Waals surface area contributed by atoms with Crippen molar-refractivity contribution >= 4 is 39.1 Å². The number of nitrogens with one attached hydrogen (secondary N) is 1. The third kappa shape index (κ3) is 3.64. The fourth-order valence-corrected chi connectivity index (χ4v) is 5.15. The van der Waals surface area contributed by atoms with Gasteiger partial charge in [-0.1, -0.05) is 11.8 Å². The third-order valence-electron chi connectivity index (χ3n) is 3.01. The minimum atomic E-state index is -3.14. The summed E-state index contributed by atoms with van der Waals surface area (Å²) in [5.74, 6) is 0.459. The Bertz CT molecular complexity index is 616. The van der Waals surface area contributed by atoms with E-state index in [9.17, 15) is 13.2 Å². The lowest BCUT2D eigenvalue weighted by atomic mass is 10.2. The van der Waals surface area contributed by atoms with Crippen molar-refractivity contribution in [2.45, 2.75) is 23.5 Å². The first-order valence-electron chi connectivity index (χ1n) is 5.91. The van der Waals surface area contributed by atoms with Gasteiger partial charge in [0.15, 0.2) is 15.0 Å². The Labute approximate surface area is 126 Å². The van der Waals surface area contributed by atoms with E-state index in [1.165, 1.54) is 11.8 Å². The van der Waals surface area contributed by atoms with Crippen LogP contribution in [0.1, 0.15) is 5.82 Å². The normalized spacial score (nSPS) is 24.8. The molecule has 2 atom stereocenters. The molecule has 0 spiro atoms. The van der Waals surface area contributed by atoms with Crippen LogP contribution in [0.25, 0.3) is 0 Å². The second-order valence-corrected chi connectivity index (χ2v) is 8.30. The number of nitrogens with zero attached hydrogens (tertiary/aromatic N) is 3. The highest BCUT2D eigenvalue weighted by Gasteiger charge is 2.37. The zero-order valence-electron chi connectivity index (χ0n) is 11.0. The van der Waals surface area contributed by atoms with E-state index in [0.717, 1.165) is 5.82 Å². The Hall–Kier alpha value is -0.800. The van der Waals surface area contributed by atoms with Gasteiger partial charge in [0.05, 0.1) is 28.7 Å². The van der Waals surface area contributed by atoms with Crippen LogP contribution in [-0.4, -0.2) is 57.8 Å². The van der Waals surface area contributed by atoms with E-state index < -0.39 is 21.3 Å². The minimum Gasteiger partial charge on any atom is -0.350 e. The van der Waals surface area contributed by atoms with Gasteiger partial charge in [-0.3, -0.25) is 4.79 Å². The minimum absolute atomic E-state index is 0.0882. The highest BCUT2D eigenvalue weighted by molar-refractivity contribution is 7.99. The van der Waals surface area contributed by atoms with Crippen LogP contribution in [0.2, 0.25) is 0 Å². The van der Waals surface area contributed by atoms with Gasteiger partial charge in [0, 0.05) is 7.05 Å². The molecular weight excluding hydrogens is 324 g/mol. The molecule has 0 unspecified atom stereocenters. The smallest absolute Gasteiger partial charge is 0.230 e. The van der Waals surface area contributed by atoms with E-state index in [-0.39, 0.29) is 23.2 Å². The lowest BCUT2D eigenvalue weighted by molar-refractivity contribution is -0.119. The molecule has 7 nitrogen and oxygen atoms in total. The van der Waals surface area contributed by atoms with Crippen molar-refractivity contribution in [3.05, 3.63) is 5.82 Å². The van der Waals surface area contributed by atoms with Gasteiger partial charge in [-0.15, -0.1) is 21.8 Å². The zero-order valence-corrected chi connectivity index (χ0v) is 13.4. The number of rotatable bonds is 4. The molecule has 1 saturated heterocycles. The largest absolute Gasteiger partial charge is 0.350 e. The first-order chi connectivity index (χ1) is 9.28. The monoisotopic (exact) mass is 338 g/mol. The molecule has 1 aromatic rings. The average Bonchev–Trinajstić information content (AvgIpc) is 2.78. The molecular formula is C10H15ClN4O3S2. The second kappa shape index (κ2) is 5.90. The number of hydrogen-bond acceptors (Lipinski definition) is 6. The summed E-state index contributed by atoms with van der Waals surface area (Å²) in [6, 6.07) is -0.518. The Morgan fingerprint density at radius 2 is 2.20 bits per heavy atom. The van der Waals surface area contributed by atoms with Crippen molar-refractivity contribution in [3.8, 4) is 0 Å². The number of thioether (sulfide) groups is 1. The van der Waals surface area contributed by atoms with E-state index in [1.807, 2.05) is 14.0 Å². The number of carbonyl (C=O) groups excluding carboxylic acids is 1. The number of hydrogen-bond donors (Lipinski definition) is 1. The van der Waals surface area contributed by atoms with Crippen LogP contribution in [0.4, 0.5) is 0 Å². The number of amides is 1. The number of aromatic nitrogens is 3. The third-order valence-corrected chi connectivity index (χ3v) is 6.41. The molecule has 1 fully saturated rings. The predicted molar refractivity (Wildman–Crippen MR) is 76.7 cm³/mol. The highest BCUT2D eigenvalue weighted by atomic mass is 35.5. The first kappa shape index (κ1) is 15.6. The molecule has 1 aliphatic heterocycles. The summed E-state index contributed by atoms with van der Waals surface area (Å²) in [5.41, 5.74) is 0.